The van der Waals surface area contributed by atoms with E-state index >= 15 is 0 Å². The SMILES string of the molecule is Cc1ccc(C2=C(N3CCCCC3)C(=O)N(CCCOC(C)C)C2=O)c(C)c1. The maximum atomic E-state index is 13.3. The number of carbonyl (C=O) groups is 2. The topological polar surface area (TPSA) is 49.9 Å². The second kappa shape index (κ2) is 8.91. The first-order valence-electron chi connectivity index (χ1n) is 10.4. The Morgan fingerprint density at radius 2 is 1.75 bits per heavy atom. The molecule has 1 aromatic carbocycles. The predicted molar refractivity (Wildman–Crippen MR) is 111 cm³/mol. The molecule has 3 rings (SSSR count). The minimum Gasteiger partial charge on any atom is -0.379 e. The van der Waals surface area contributed by atoms with Crippen LogP contribution in [0.4, 0.5) is 0 Å². The number of imide groups is 1. The standard InChI is InChI=1S/C23H32N2O3/c1-16(2)28-14-8-13-25-22(26)20(19-10-9-17(3)15-18(19)4)21(23(25)27)24-11-6-5-7-12-24/h9-10,15-16H,5-8,11-14H2,1-4H3. The third-order valence-corrected chi connectivity index (χ3v) is 5.44. The first-order chi connectivity index (χ1) is 13.4. The van der Waals surface area contributed by atoms with Gasteiger partial charge in [0, 0.05) is 26.2 Å². The van der Waals surface area contributed by atoms with E-state index < -0.39 is 0 Å². The van der Waals surface area contributed by atoms with Crippen LogP contribution in [0.25, 0.3) is 5.57 Å². The van der Waals surface area contributed by atoms with Gasteiger partial charge in [-0.15, -0.1) is 0 Å². The number of likely N-dealkylation sites (tertiary alicyclic amines) is 1. The highest BCUT2D eigenvalue weighted by molar-refractivity contribution is 6.35. The Hall–Kier alpha value is -2.14. The van der Waals surface area contributed by atoms with Crippen LogP contribution in [0.2, 0.25) is 0 Å². The average molecular weight is 385 g/mol. The summed E-state index contributed by atoms with van der Waals surface area (Å²) in [6.45, 7) is 10.7. The third kappa shape index (κ3) is 4.30. The molecule has 2 aliphatic rings. The molecule has 0 atom stereocenters. The predicted octanol–water partition coefficient (Wildman–Crippen LogP) is 3.68. The monoisotopic (exact) mass is 384 g/mol. The van der Waals surface area contributed by atoms with E-state index in [4.69, 9.17) is 4.74 Å². The number of carbonyl (C=O) groups excluding carboxylic acids is 2. The fraction of sp³-hybridized carbons (Fsp3) is 0.565. The van der Waals surface area contributed by atoms with Crippen LogP contribution in [0.15, 0.2) is 23.9 Å². The molecule has 0 aliphatic carbocycles. The van der Waals surface area contributed by atoms with E-state index in [9.17, 15) is 9.59 Å². The zero-order chi connectivity index (χ0) is 20.3. The molecule has 0 bridgehead atoms. The number of nitrogens with zero attached hydrogens (tertiary/aromatic N) is 2. The molecule has 0 aromatic heterocycles. The number of benzene rings is 1. The highest BCUT2D eigenvalue weighted by Gasteiger charge is 2.41. The average Bonchev–Trinajstić information content (AvgIpc) is 2.90. The molecule has 0 spiro atoms. The van der Waals surface area contributed by atoms with Gasteiger partial charge < -0.3 is 9.64 Å². The van der Waals surface area contributed by atoms with Crippen molar-refractivity contribution in [3.05, 3.63) is 40.6 Å². The lowest BCUT2D eigenvalue weighted by Gasteiger charge is -2.29. The van der Waals surface area contributed by atoms with Crippen LogP contribution in [0.1, 0.15) is 56.2 Å². The summed E-state index contributed by atoms with van der Waals surface area (Å²) in [5, 5.41) is 0. The molecule has 0 N–H and O–H groups in total. The minimum absolute atomic E-state index is 0.147. The van der Waals surface area contributed by atoms with Crippen molar-refractivity contribution >= 4 is 17.4 Å². The Bertz CT molecular complexity index is 776. The molecule has 1 saturated heterocycles. The van der Waals surface area contributed by atoms with Gasteiger partial charge in [-0.25, -0.2) is 0 Å². The Labute approximate surface area is 168 Å². The molecular weight excluding hydrogens is 352 g/mol. The van der Waals surface area contributed by atoms with Crippen molar-refractivity contribution in [2.45, 2.75) is 59.5 Å². The molecule has 1 aromatic rings. The fourth-order valence-corrected chi connectivity index (χ4v) is 4.06. The van der Waals surface area contributed by atoms with E-state index in [1.54, 1.807) is 0 Å². The van der Waals surface area contributed by atoms with E-state index in [0.29, 0.717) is 30.8 Å². The molecule has 5 nitrogen and oxygen atoms in total. The van der Waals surface area contributed by atoms with Crippen molar-refractivity contribution in [2.24, 2.45) is 0 Å². The number of hydrogen-bond acceptors (Lipinski definition) is 4. The molecule has 0 radical (unpaired) electrons. The smallest absolute Gasteiger partial charge is 0.277 e. The quantitative estimate of drug-likeness (QED) is 0.531. The molecule has 2 aliphatic heterocycles. The lowest BCUT2D eigenvalue weighted by Crippen LogP contribution is -2.38. The van der Waals surface area contributed by atoms with E-state index in [2.05, 4.69) is 11.0 Å². The van der Waals surface area contributed by atoms with Crippen molar-refractivity contribution in [1.29, 1.82) is 0 Å². The van der Waals surface area contributed by atoms with Gasteiger partial charge in [0.05, 0.1) is 11.7 Å². The van der Waals surface area contributed by atoms with Crippen molar-refractivity contribution < 1.29 is 14.3 Å². The van der Waals surface area contributed by atoms with Crippen LogP contribution in [0.5, 0.6) is 0 Å². The number of hydrogen-bond donors (Lipinski definition) is 0. The molecular formula is C23H32N2O3. The normalized spacial score (nSPS) is 18.0. The van der Waals surface area contributed by atoms with E-state index in [1.807, 2.05) is 39.8 Å². The van der Waals surface area contributed by atoms with Crippen molar-refractivity contribution in [3.63, 3.8) is 0 Å². The third-order valence-electron chi connectivity index (χ3n) is 5.44. The number of piperidine rings is 1. The summed E-state index contributed by atoms with van der Waals surface area (Å²) in [6.07, 6.45) is 4.11. The van der Waals surface area contributed by atoms with Crippen LogP contribution < -0.4 is 0 Å². The molecule has 2 amide bonds. The van der Waals surface area contributed by atoms with E-state index in [1.165, 1.54) is 11.3 Å². The van der Waals surface area contributed by atoms with Gasteiger partial charge in [0.25, 0.3) is 11.8 Å². The summed E-state index contributed by atoms with van der Waals surface area (Å²) in [5.41, 5.74) is 4.25. The lowest BCUT2D eigenvalue weighted by atomic mass is 9.97. The second-order valence-electron chi connectivity index (χ2n) is 8.12. The number of amides is 2. The summed E-state index contributed by atoms with van der Waals surface area (Å²) in [6, 6.07) is 6.08. The zero-order valence-electron chi connectivity index (χ0n) is 17.6. The summed E-state index contributed by atoms with van der Waals surface area (Å²) in [7, 11) is 0. The molecule has 0 unspecified atom stereocenters. The summed E-state index contributed by atoms with van der Waals surface area (Å²) in [4.78, 5) is 30.1. The Morgan fingerprint density at radius 3 is 2.39 bits per heavy atom. The van der Waals surface area contributed by atoms with Crippen LogP contribution in [-0.4, -0.2) is 54.0 Å². The van der Waals surface area contributed by atoms with Crippen molar-refractivity contribution in [3.8, 4) is 0 Å². The molecule has 152 valence electrons. The van der Waals surface area contributed by atoms with Crippen molar-refractivity contribution in [2.75, 3.05) is 26.2 Å². The minimum atomic E-state index is -0.165. The number of rotatable bonds is 7. The maximum Gasteiger partial charge on any atom is 0.277 e. The Morgan fingerprint density at radius 1 is 1.04 bits per heavy atom. The second-order valence-corrected chi connectivity index (χ2v) is 8.12. The maximum absolute atomic E-state index is 13.3. The lowest BCUT2D eigenvalue weighted by molar-refractivity contribution is -0.137. The summed E-state index contributed by atoms with van der Waals surface area (Å²) >= 11 is 0. The van der Waals surface area contributed by atoms with Gasteiger partial charge in [-0.1, -0.05) is 23.8 Å². The van der Waals surface area contributed by atoms with E-state index in [0.717, 1.165) is 42.6 Å². The highest BCUT2D eigenvalue weighted by Crippen LogP contribution is 2.34. The molecule has 0 saturated carbocycles. The van der Waals surface area contributed by atoms with Gasteiger partial charge in [-0.3, -0.25) is 14.5 Å². The largest absolute Gasteiger partial charge is 0.379 e. The van der Waals surface area contributed by atoms with Gasteiger partial charge in [0.2, 0.25) is 0 Å². The first kappa shape index (κ1) is 20.6. The first-order valence-corrected chi connectivity index (χ1v) is 10.4. The highest BCUT2D eigenvalue weighted by atomic mass is 16.5. The zero-order valence-corrected chi connectivity index (χ0v) is 17.6. The van der Waals surface area contributed by atoms with E-state index in [-0.39, 0.29) is 17.9 Å². The summed E-state index contributed by atoms with van der Waals surface area (Å²) < 4.78 is 5.59. The summed E-state index contributed by atoms with van der Waals surface area (Å²) in [5.74, 6) is -0.312. The Kier molecular flexibility index (Phi) is 6.55. The number of aryl methyl sites for hydroxylation is 2. The molecule has 1 fully saturated rings. The molecule has 5 heteroatoms. The Balaban J connectivity index is 1.91. The van der Waals surface area contributed by atoms with Gasteiger partial charge in [0.1, 0.15) is 5.70 Å². The van der Waals surface area contributed by atoms with Gasteiger partial charge in [-0.05, 0) is 64.5 Å². The molecule has 2 heterocycles. The van der Waals surface area contributed by atoms with Crippen LogP contribution >= 0.6 is 0 Å². The van der Waals surface area contributed by atoms with Crippen LogP contribution in [-0.2, 0) is 14.3 Å². The van der Waals surface area contributed by atoms with Crippen LogP contribution in [0.3, 0.4) is 0 Å². The number of ether oxygens (including phenoxy) is 1. The van der Waals surface area contributed by atoms with Crippen LogP contribution in [0, 0.1) is 13.8 Å². The van der Waals surface area contributed by atoms with Gasteiger partial charge in [-0.2, -0.15) is 0 Å². The fourth-order valence-electron chi connectivity index (χ4n) is 4.06. The van der Waals surface area contributed by atoms with Gasteiger partial charge >= 0.3 is 0 Å². The van der Waals surface area contributed by atoms with Crippen molar-refractivity contribution in [1.82, 2.24) is 9.80 Å². The van der Waals surface area contributed by atoms with Gasteiger partial charge in [0.15, 0.2) is 0 Å². The molecule has 28 heavy (non-hydrogen) atoms.